The van der Waals surface area contributed by atoms with Crippen molar-refractivity contribution in [2.24, 2.45) is 5.92 Å². The van der Waals surface area contributed by atoms with Crippen molar-refractivity contribution in [2.75, 3.05) is 26.2 Å². The second-order valence-corrected chi connectivity index (χ2v) is 3.70. The van der Waals surface area contributed by atoms with E-state index in [0.29, 0.717) is 0 Å². The van der Waals surface area contributed by atoms with Crippen LogP contribution in [0.25, 0.3) is 0 Å². The first kappa shape index (κ1) is 11.9. The van der Waals surface area contributed by atoms with Crippen LogP contribution < -0.4 is 10.6 Å². The third-order valence-corrected chi connectivity index (χ3v) is 1.69. The van der Waals surface area contributed by atoms with Crippen LogP contribution in [0.1, 0.15) is 33.6 Å². The van der Waals surface area contributed by atoms with Gasteiger partial charge < -0.3 is 10.6 Å². The highest BCUT2D eigenvalue weighted by atomic mass is 14.9. The molecule has 0 rings (SSSR count). The number of rotatable bonds is 8. The van der Waals surface area contributed by atoms with Gasteiger partial charge in [0.1, 0.15) is 0 Å². The van der Waals surface area contributed by atoms with Gasteiger partial charge in [0.15, 0.2) is 0 Å². The summed E-state index contributed by atoms with van der Waals surface area (Å²) in [5, 5.41) is 6.80. The van der Waals surface area contributed by atoms with E-state index in [-0.39, 0.29) is 0 Å². The highest BCUT2D eigenvalue weighted by Gasteiger charge is 1.91. The van der Waals surface area contributed by atoms with Gasteiger partial charge in [-0.25, -0.2) is 0 Å². The van der Waals surface area contributed by atoms with Gasteiger partial charge in [-0.3, -0.25) is 0 Å². The summed E-state index contributed by atoms with van der Waals surface area (Å²) in [5.41, 5.74) is 0. The second kappa shape index (κ2) is 9.01. The van der Waals surface area contributed by atoms with E-state index in [1.165, 1.54) is 12.8 Å². The molecule has 0 aliphatic rings. The Morgan fingerprint density at radius 2 is 1.67 bits per heavy atom. The lowest BCUT2D eigenvalue weighted by atomic mass is 10.2. The lowest BCUT2D eigenvalue weighted by molar-refractivity contribution is 0.530. The Labute approximate surface area is 77.1 Å². The Balaban J connectivity index is 2.82. The Bertz CT molecular complexity index is 81.9. The molecule has 0 aromatic heterocycles. The van der Waals surface area contributed by atoms with Gasteiger partial charge in [0.2, 0.25) is 0 Å². The summed E-state index contributed by atoms with van der Waals surface area (Å²) in [6.45, 7) is 11.3. The van der Waals surface area contributed by atoms with Gasteiger partial charge in [-0.1, -0.05) is 20.8 Å². The van der Waals surface area contributed by atoms with Crippen molar-refractivity contribution < 1.29 is 0 Å². The summed E-state index contributed by atoms with van der Waals surface area (Å²) >= 11 is 0. The highest BCUT2D eigenvalue weighted by molar-refractivity contribution is 4.53. The molecule has 74 valence electrons. The van der Waals surface area contributed by atoms with Crippen molar-refractivity contribution in [3.63, 3.8) is 0 Å². The molecule has 12 heavy (non-hydrogen) atoms. The van der Waals surface area contributed by atoms with Crippen molar-refractivity contribution in [1.82, 2.24) is 10.6 Å². The molecule has 0 spiro atoms. The molecule has 0 atom stereocenters. The third kappa shape index (κ3) is 9.92. The molecule has 0 aromatic carbocycles. The molecule has 0 fully saturated rings. The highest BCUT2D eigenvalue weighted by Crippen LogP contribution is 1.86. The van der Waals surface area contributed by atoms with Crippen LogP contribution in [0.2, 0.25) is 0 Å². The zero-order valence-electron chi connectivity index (χ0n) is 8.82. The van der Waals surface area contributed by atoms with Crippen LogP contribution in [0.4, 0.5) is 0 Å². The normalized spacial score (nSPS) is 11.0. The molecule has 0 aliphatic carbocycles. The lowest BCUT2D eigenvalue weighted by Gasteiger charge is -2.07. The minimum absolute atomic E-state index is 0.772. The number of hydrogen-bond acceptors (Lipinski definition) is 2. The van der Waals surface area contributed by atoms with Gasteiger partial charge in [0.25, 0.3) is 0 Å². The van der Waals surface area contributed by atoms with E-state index in [1.54, 1.807) is 0 Å². The number of nitrogens with one attached hydrogen (secondary N) is 2. The van der Waals surface area contributed by atoms with Crippen LogP contribution in [-0.4, -0.2) is 26.2 Å². The maximum atomic E-state index is 3.42. The van der Waals surface area contributed by atoms with Gasteiger partial charge in [-0.2, -0.15) is 0 Å². The van der Waals surface area contributed by atoms with Gasteiger partial charge in [-0.15, -0.1) is 0 Å². The molecule has 2 nitrogen and oxygen atoms in total. The Morgan fingerprint density at radius 1 is 1.00 bits per heavy atom. The summed E-state index contributed by atoms with van der Waals surface area (Å²) in [6.07, 6.45) is 2.48. The van der Waals surface area contributed by atoms with Gasteiger partial charge in [0, 0.05) is 0 Å². The smallest absolute Gasteiger partial charge is 0.00258 e. The summed E-state index contributed by atoms with van der Waals surface area (Å²) in [4.78, 5) is 0. The first-order valence-corrected chi connectivity index (χ1v) is 5.18. The van der Waals surface area contributed by atoms with Crippen molar-refractivity contribution in [3.8, 4) is 0 Å². The standard InChI is InChI=1S/C10H24N2/c1-4-6-11-7-5-8-12-9-10(2)3/h10-12H,4-9H2,1-3H3. The third-order valence-electron chi connectivity index (χ3n) is 1.69. The van der Waals surface area contributed by atoms with Crippen molar-refractivity contribution in [2.45, 2.75) is 33.6 Å². The van der Waals surface area contributed by atoms with E-state index in [1.807, 2.05) is 0 Å². The summed E-state index contributed by atoms with van der Waals surface area (Å²) in [5.74, 6) is 0.772. The van der Waals surface area contributed by atoms with Crippen LogP contribution in [0, 0.1) is 5.92 Å². The van der Waals surface area contributed by atoms with Gasteiger partial charge in [0.05, 0.1) is 0 Å². The molecule has 0 aliphatic heterocycles. The largest absolute Gasteiger partial charge is 0.317 e. The van der Waals surface area contributed by atoms with Crippen LogP contribution in [0.15, 0.2) is 0 Å². The van der Waals surface area contributed by atoms with Crippen LogP contribution in [0.3, 0.4) is 0 Å². The van der Waals surface area contributed by atoms with E-state index in [2.05, 4.69) is 31.4 Å². The zero-order chi connectivity index (χ0) is 9.23. The fraction of sp³-hybridized carbons (Fsp3) is 1.00. The average molecular weight is 172 g/mol. The molecule has 2 N–H and O–H groups in total. The SMILES string of the molecule is CCCNCCCNCC(C)C. The minimum atomic E-state index is 0.772. The van der Waals surface area contributed by atoms with E-state index < -0.39 is 0 Å². The van der Waals surface area contributed by atoms with E-state index >= 15 is 0 Å². The summed E-state index contributed by atoms with van der Waals surface area (Å²) < 4.78 is 0. The Kier molecular flexibility index (Phi) is 8.95. The predicted molar refractivity (Wildman–Crippen MR) is 55.5 cm³/mol. The molecule has 0 saturated carbocycles. The van der Waals surface area contributed by atoms with Crippen molar-refractivity contribution in [1.29, 1.82) is 0 Å². The molecule has 2 heteroatoms. The first-order chi connectivity index (χ1) is 5.77. The maximum Gasteiger partial charge on any atom is -0.00258 e. The van der Waals surface area contributed by atoms with Crippen LogP contribution in [-0.2, 0) is 0 Å². The molecular formula is C10H24N2. The molecule has 0 aromatic rings. The Morgan fingerprint density at radius 3 is 2.25 bits per heavy atom. The maximum absolute atomic E-state index is 3.42. The van der Waals surface area contributed by atoms with Gasteiger partial charge >= 0.3 is 0 Å². The molecule has 0 heterocycles. The molecule has 0 saturated heterocycles. The van der Waals surface area contributed by atoms with E-state index in [0.717, 1.165) is 32.1 Å². The average Bonchev–Trinajstić information content (AvgIpc) is 2.02. The fourth-order valence-electron chi connectivity index (χ4n) is 1.03. The van der Waals surface area contributed by atoms with Crippen molar-refractivity contribution in [3.05, 3.63) is 0 Å². The Hall–Kier alpha value is -0.0800. The molecule has 0 radical (unpaired) electrons. The van der Waals surface area contributed by atoms with Crippen molar-refractivity contribution >= 4 is 0 Å². The summed E-state index contributed by atoms with van der Waals surface area (Å²) in [6, 6.07) is 0. The van der Waals surface area contributed by atoms with Crippen LogP contribution in [0.5, 0.6) is 0 Å². The first-order valence-electron chi connectivity index (χ1n) is 5.18. The molecule has 0 bridgehead atoms. The quantitative estimate of drug-likeness (QED) is 0.544. The fourth-order valence-corrected chi connectivity index (χ4v) is 1.03. The monoisotopic (exact) mass is 172 g/mol. The van der Waals surface area contributed by atoms with Gasteiger partial charge in [-0.05, 0) is 44.9 Å². The van der Waals surface area contributed by atoms with Crippen LogP contribution >= 0.6 is 0 Å². The summed E-state index contributed by atoms with van der Waals surface area (Å²) in [7, 11) is 0. The molecular weight excluding hydrogens is 148 g/mol. The van der Waals surface area contributed by atoms with E-state index in [9.17, 15) is 0 Å². The predicted octanol–water partition coefficient (Wildman–Crippen LogP) is 1.62. The van der Waals surface area contributed by atoms with E-state index in [4.69, 9.17) is 0 Å². The zero-order valence-corrected chi connectivity index (χ0v) is 8.82. The lowest BCUT2D eigenvalue weighted by Crippen LogP contribution is -2.25. The number of hydrogen-bond donors (Lipinski definition) is 2. The second-order valence-electron chi connectivity index (χ2n) is 3.70. The molecule has 0 amide bonds. The molecule has 0 unspecified atom stereocenters. The minimum Gasteiger partial charge on any atom is -0.317 e. The topological polar surface area (TPSA) is 24.1 Å².